The van der Waals surface area contributed by atoms with Gasteiger partial charge in [-0.2, -0.15) is 0 Å². The van der Waals surface area contributed by atoms with Crippen molar-refractivity contribution in [2.45, 2.75) is 121 Å². The summed E-state index contributed by atoms with van der Waals surface area (Å²) in [6.45, 7) is 2.30. The van der Waals surface area contributed by atoms with Crippen molar-refractivity contribution in [3.05, 3.63) is 59.7 Å². The van der Waals surface area contributed by atoms with Gasteiger partial charge in [-0.25, -0.2) is 0 Å². The average Bonchev–Trinajstić information content (AvgIpc) is 2.91. The van der Waals surface area contributed by atoms with Gasteiger partial charge < -0.3 is 10.2 Å². The highest BCUT2D eigenvalue weighted by molar-refractivity contribution is 5.43. The maximum absolute atomic E-state index is 9.87. The highest BCUT2D eigenvalue weighted by Gasteiger charge is 2.40. The van der Waals surface area contributed by atoms with Crippen molar-refractivity contribution >= 4 is 0 Å². The first-order chi connectivity index (χ1) is 17.6. The minimum absolute atomic E-state index is 0.00829. The fraction of sp³-hybridized carbons (Fsp3) is 0.647. The molecule has 2 aromatic rings. The van der Waals surface area contributed by atoms with E-state index in [1.54, 1.807) is 0 Å². The predicted molar refractivity (Wildman–Crippen MR) is 152 cm³/mol. The van der Waals surface area contributed by atoms with Crippen LogP contribution >= 0.6 is 0 Å². The van der Waals surface area contributed by atoms with Crippen LogP contribution in [0.3, 0.4) is 0 Å². The zero-order valence-corrected chi connectivity index (χ0v) is 22.8. The van der Waals surface area contributed by atoms with Crippen LogP contribution in [0.25, 0.3) is 0 Å². The van der Waals surface area contributed by atoms with Crippen molar-refractivity contribution in [1.29, 1.82) is 0 Å². The lowest BCUT2D eigenvalue weighted by molar-refractivity contribution is 0.140. The molecule has 0 radical (unpaired) electrons. The molecule has 0 saturated heterocycles. The van der Waals surface area contributed by atoms with Crippen molar-refractivity contribution in [1.82, 2.24) is 0 Å². The number of hydrogen-bond donors (Lipinski definition) is 2. The summed E-state index contributed by atoms with van der Waals surface area (Å²) in [6, 6.07) is 15.8. The van der Waals surface area contributed by atoms with Gasteiger partial charge in [0.2, 0.25) is 0 Å². The van der Waals surface area contributed by atoms with Crippen LogP contribution in [0.1, 0.15) is 127 Å². The van der Waals surface area contributed by atoms with Gasteiger partial charge in [-0.3, -0.25) is 0 Å². The largest absolute Gasteiger partial charge is 0.508 e. The molecule has 0 amide bonds. The maximum atomic E-state index is 9.87. The Labute approximate surface area is 220 Å². The zero-order chi connectivity index (χ0) is 25.2. The van der Waals surface area contributed by atoms with E-state index in [9.17, 15) is 10.2 Å². The Morgan fingerprint density at radius 3 is 1.53 bits per heavy atom. The molecule has 0 unspecified atom stereocenters. The molecule has 198 valence electrons. The molecule has 4 rings (SSSR count). The van der Waals surface area contributed by atoms with E-state index in [0.717, 1.165) is 30.6 Å². The normalized spacial score (nSPS) is 22.5. The van der Waals surface area contributed by atoms with Crippen LogP contribution in [-0.4, -0.2) is 10.2 Å². The molecule has 2 aromatic carbocycles. The van der Waals surface area contributed by atoms with Crippen LogP contribution in [0, 0.1) is 17.8 Å². The second kappa shape index (κ2) is 13.5. The van der Waals surface area contributed by atoms with Crippen molar-refractivity contribution in [3.8, 4) is 11.5 Å². The summed E-state index contributed by atoms with van der Waals surface area (Å²) in [4.78, 5) is 0. The summed E-state index contributed by atoms with van der Waals surface area (Å²) >= 11 is 0. The molecule has 2 aliphatic carbocycles. The molecule has 0 bridgehead atoms. The maximum Gasteiger partial charge on any atom is 0.115 e. The molecule has 36 heavy (non-hydrogen) atoms. The Morgan fingerprint density at radius 1 is 0.583 bits per heavy atom. The van der Waals surface area contributed by atoms with E-state index in [4.69, 9.17) is 0 Å². The number of aromatic hydroxyl groups is 2. The number of hydrogen-bond acceptors (Lipinski definition) is 2. The van der Waals surface area contributed by atoms with Crippen molar-refractivity contribution in [2.24, 2.45) is 17.8 Å². The van der Waals surface area contributed by atoms with Crippen LogP contribution in [0.2, 0.25) is 0 Å². The zero-order valence-electron chi connectivity index (χ0n) is 22.8. The highest BCUT2D eigenvalue weighted by Crippen LogP contribution is 2.50. The van der Waals surface area contributed by atoms with E-state index in [-0.39, 0.29) is 5.41 Å². The molecule has 2 N–H and O–H groups in total. The lowest BCUT2D eigenvalue weighted by Gasteiger charge is -2.44. The molecule has 0 heterocycles. The number of phenols is 2. The second-order valence-electron chi connectivity index (χ2n) is 12.1. The Bertz CT molecular complexity index is 821. The van der Waals surface area contributed by atoms with Crippen LogP contribution in [0.15, 0.2) is 48.5 Å². The van der Waals surface area contributed by atoms with E-state index in [1.165, 1.54) is 107 Å². The van der Waals surface area contributed by atoms with Crippen LogP contribution in [-0.2, 0) is 5.41 Å². The first kappa shape index (κ1) is 27.1. The minimum atomic E-state index is -0.00829. The van der Waals surface area contributed by atoms with Crippen molar-refractivity contribution in [3.63, 3.8) is 0 Å². The Hall–Kier alpha value is -1.96. The highest BCUT2D eigenvalue weighted by atomic mass is 16.3. The Morgan fingerprint density at radius 2 is 1.03 bits per heavy atom. The summed E-state index contributed by atoms with van der Waals surface area (Å²) in [5.74, 6) is 3.42. The number of benzene rings is 2. The van der Waals surface area contributed by atoms with Gasteiger partial charge in [-0.05, 0) is 91.7 Å². The van der Waals surface area contributed by atoms with Gasteiger partial charge in [-0.1, -0.05) is 102 Å². The van der Waals surface area contributed by atoms with Gasteiger partial charge in [0.1, 0.15) is 11.5 Å². The molecule has 2 heteroatoms. The summed E-state index contributed by atoms with van der Waals surface area (Å²) in [6.07, 6.45) is 23.6. The molecule has 0 atom stereocenters. The van der Waals surface area contributed by atoms with Gasteiger partial charge in [0.15, 0.2) is 0 Å². The Balaban J connectivity index is 1.25. The fourth-order valence-corrected chi connectivity index (χ4v) is 7.42. The average molecular weight is 491 g/mol. The third-order valence-electron chi connectivity index (χ3n) is 9.75. The third kappa shape index (κ3) is 7.08. The fourth-order valence-electron chi connectivity index (χ4n) is 7.42. The van der Waals surface area contributed by atoms with Crippen LogP contribution in [0.5, 0.6) is 11.5 Å². The summed E-state index contributed by atoms with van der Waals surface area (Å²) < 4.78 is 0. The molecule has 2 aliphatic rings. The number of unbranched alkanes of at least 4 members (excludes halogenated alkanes) is 7. The van der Waals surface area contributed by atoms with Gasteiger partial charge >= 0.3 is 0 Å². The van der Waals surface area contributed by atoms with Gasteiger partial charge in [0.05, 0.1) is 0 Å². The van der Waals surface area contributed by atoms with Gasteiger partial charge in [-0.15, -0.1) is 0 Å². The molecule has 0 aliphatic heterocycles. The molecule has 2 nitrogen and oxygen atoms in total. The molecule has 0 spiro atoms. The Kier molecular flexibility index (Phi) is 10.2. The van der Waals surface area contributed by atoms with E-state index < -0.39 is 0 Å². The van der Waals surface area contributed by atoms with Crippen molar-refractivity contribution < 1.29 is 10.2 Å². The first-order valence-corrected chi connectivity index (χ1v) is 15.2. The lowest BCUT2D eigenvalue weighted by atomic mass is 9.60. The van der Waals surface area contributed by atoms with E-state index in [0.29, 0.717) is 11.5 Å². The van der Waals surface area contributed by atoms with E-state index in [2.05, 4.69) is 31.2 Å². The SMILES string of the molecule is CCCCCCCCCC[C@H]1CC[C@H](C2CCC(c3ccc(O)cc3)(c3ccc(O)cc3)CC2)CC1. The molecule has 0 aromatic heterocycles. The quantitative estimate of drug-likeness (QED) is 0.291. The summed E-state index contributed by atoms with van der Waals surface area (Å²) in [5, 5.41) is 19.7. The summed E-state index contributed by atoms with van der Waals surface area (Å²) in [5.41, 5.74) is 2.60. The molecular formula is C34H50O2. The third-order valence-corrected chi connectivity index (χ3v) is 9.75. The van der Waals surface area contributed by atoms with Gasteiger partial charge in [0, 0.05) is 5.41 Å². The number of rotatable bonds is 12. The number of phenolic OH excluding ortho intramolecular Hbond substituents is 2. The van der Waals surface area contributed by atoms with E-state index in [1.807, 2.05) is 24.3 Å². The molecule has 2 fully saturated rings. The first-order valence-electron chi connectivity index (χ1n) is 15.2. The van der Waals surface area contributed by atoms with Crippen molar-refractivity contribution in [2.75, 3.05) is 0 Å². The molecular weight excluding hydrogens is 440 g/mol. The van der Waals surface area contributed by atoms with Crippen LogP contribution < -0.4 is 0 Å². The monoisotopic (exact) mass is 490 g/mol. The van der Waals surface area contributed by atoms with E-state index >= 15 is 0 Å². The topological polar surface area (TPSA) is 40.5 Å². The lowest BCUT2D eigenvalue weighted by Crippen LogP contribution is -2.35. The van der Waals surface area contributed by atoms with Crippen LogP contribution in [0.4, 0.5) is 0 Å². The second-order valence-corrected chi connectivity index (χ2v) is 12.1. The predicted octanol–water partition coefficient (Wildman–Crippen LogP) is 9.91. The van der Waals surface area contributed by atoms with Gasteiger partial charge in [0.25, 0.3) is 0 Å². The summed E-state index contributed by atoms with van der Waals surface area (Å²) in [7, 11) is 0. The minimum Gasteiger partial charge on any atom is -0.508 e. The smallest absolute Gasteiger partial charge is 0.115 e. The molecule has 2 saturated carbocycles. The standard InChI is InChI=1S/C34H50O2/c1-2-3-4-5-6-7-8-9-10-27-11-13-28(14-12-27)29-23-25-34(26-24-29,30-15-19-32(35)20-16-30)31-17-21-33(36)22-18-31/h15-22,27-29,35-36H,2-14,23-26H2,1H3/t27-,28-.